The van der Waals surface area contributed by atoms with E-state index in [1.54, 1.807) is 12.1 Å². The molecule has 0 saturated heterocycles. The minimum Gasteiger partial charge on any atom is -0.493 e. The fourth-order valence-corrected chi connectivity index (χ4v) is 1.96. The van der Waals surface area contributed by atoms with Crippen LogP contribution in [0.15, 0.2) is 17.3 Å². The Morgan fingerprint density at radius 2 is 2.00 bits per heavy atom. The summed E-state index contributed by atoms with van der Waals surface area (Å²) in [5.41, 5.74) is 0.670. The summed E-state index contributed by atoms with van der Waals surface area (Å²) < 4.78 is 10.3. The fraction of sp³-hybridized carbons (Fsp3) is 0.500. The topological polar surface area (TPSA) is 69.2 Å². The number of amides is 1. The Labute approximate surface area is 141 Å². The molecule has 1 aromatic carbocycles. The van der Waals surface area contributed by atoms with Crippen molar-refractivity contribution in [3.63, 3.8) is 0 Å². The molecule has 128 valence electrons. The molecule has 0 aliphatic rings. The molecule has 0 unspecified atom stereocenters. The van der Waals surface area contributed by atoms with Crippen molar-refractivity contribution >= 4 is 23.7 Å². The minimum atomic E-state index is -0.214. The Morgan fingerprint density at radius 3 is 2.57 bits per heavy atom. The van der Waals surface area contributed by atoms with Gasteiger partial charge in [0.05, 0.1) is 25.5 Å². The summed E-state index contributed by atoms with van der Waals surface area (Å²) in [6, 6.07) is 3.45. The number of ether oxygens (including phenoxy) is 2. The van der Waals surface area contributed by atoms with Crippen LogP contribution in [0.5, 0.6) is 11.5 Å². The zero-order chi connectivity index (χ0) is 17.4. The van der Waals surface area contributed by atoms with Crippen LogP contribution in [-0.4, -0.2) is 39.0 Å². The van der Waals surface area contributed by atoms with Gasteiger partial charge in [-0.3, -0.25) is 4.79 Å². The van der Waals surface area contributed by atoms with Gasteiger partial charge in [-0.1, -0.05) is 30.6 Å². The molecule has 0 heterocycles. The third-order valence-corrected chi connectivity index (χ3v) is 3.60. The molecular formula is C16H23ClN2O4. The highest BCUT2D eigenvalue weighted by Crippen LogP contribution is 2.35. The van der Waals surface area contributed by atoms with Gasteiger partial charge in [0, 0.05) is 11.6 Å². The summed E-state index contributed by atoms with van der Waals surface area (Å²) in [7, 11) is 3.03. The fourth-order valence-electron chi connectivity index (χ4n) is 1.67. The van der Waals surface area contributed by atoms with Crippen molar-refractivity contribution in [3.8, 4) is 11.5 Å². The Hall–Kier alpha value is -1.95. The van der Waals surface area contributed by atoms with Crippen molar-refractivity contribution in [2.24, 2.45) is 11.1 Å². The average molecular weight is 343 g/mol. The number of rotatable bonds is 8. The molecule has 1 aromatic rings. The van der Waals surface area contributed by atoms with E-state index in [0.29, 0.717) is 28.0 Å². The molecule has 0 aromatic heterocycles. The summed E-state index contributed by atoms with van der Waals surface area (Å²) in [6.07, 6.45) is 1.45. The first-order valence-electron chi connectivity index (χ1n) is 7.25. The van der Waals surface area contributed by atoms with Crippen LogP contribution >= 0.6 is 11.6 Å². The van der Waals surface area contributed by atoms with Gasteiger partial charge in [-0.05, 0) is 25.0 Å². The van der Waals surface area contributed by atoms with E-state index in [9.17, 15) is 4.79 Å². The Kier molecular flexibility index (Phi) is 7.68. The maximum Gasteiger partial charge on any atom is 0.260 e. The third kappa shape index (κ3) is 5.98. The summed E-state index contributed by atoms with van der Waals surface area (Å²) in [5, 5.41) is 6.99. The van der Waals surface area contributed by atoms with Crippen LogP contribution in [-0.2, 0) is 9.63 Å². The van der Waals surface area contributed by atoms with Gasteiger partial charge in [0.25, 0.3) is 5.91 Å². The number of carbonyl (C=O) groups excluding carboxylic acids is 1. The zero-order valence-electron chi connectivity index (χ0n) is 14.1. The first-order valence-corrected chi connectivity index (χ1v) is 7.63. The Morgan fingerprint density at radius 1 is 1.30 bits per heavy atom. The van der Waals surface area contributed by atoms with Crippen molar-refractivity contribution in [3.05, 3.63) is 22.7 Å². The van der Waals surface area contributed by atoms with E-state index in [4.69, 9.17) is 25.9 Å². The van der Waals surface area contributed by atoms with Crippen LogP contribution in [0.1, 0.15) is 26.3 Å². The summed E-state index contributed by atoms with van der Waals surface area (Å²) in [5.74, 6) is 1.09. The predicted octanol–water partition coefficient (Wildman–Crippen LogP) is 2.87. The van der Waals surface area contributed by atoms with E-state index in [1.807, 2.05) is 20.8 Å². The molecule has 0 spiro atoms. The van der Waals surface area contributed by atoms with E-state index < -0.39 is 0 Å². The number of carbonyl (C=O) groups is 1. The van der Waals surface area contributed by atoms with Crippen LogP contribution in [0.4, 0.5) is 0 Å². The number of oxime groups is 1. The molecule has 23 heavy (non-hydrogen) atoms. The van der Waals surface area contributed by atoms with Gasteiger partial charge >= 0.3 is 0 Å². The largest absolute Gasteiger partial charge is 0.493 e. The molecule has 1 amide bonds. The predicted molar refractivity (Wildman–Crippen MR) is 90.5 cm³/mol. The number of nitrogens with zero attached hydrogens (tertiary/aromatic N) is 1. The molecule has 0 saturated carbocycles. The number of halogens is 1. The lowest BCUT2D eigenvalue weighted by molar-refractivity contribution is -0.126. The molecular weight excluding hydrogens is 320 g/mol. The number of benzene rings is 1. The lowest BCUT2D eigenvalue weighted by atomic mass is 10.1. The van der Waals surface area contributed by atoms with Crippen LogP contribution in [0.2, 0.25) is 5.02 Å². The summed E-state index contributed by atoms with van der Waals surface area (Å²) in [6.45, 7) is 5.86. The second-order valence-electron chi connectivity index (χ2n) is 5.35. The molecule has 0 radical (unpaired) electrons. The maximum absolute atomic E-state index is 11.6. The van der Waals surface area contributed by atoms with Crippen molar-refractivity contribution in [1.82, 2.24) is 5.32 Å². The van der Waals surface area contributed by atoms with Crippen molar-refractivity contribution in [1.29, 1.82) is 0 Å². The molecule has 0 aliphatic heterocycles. The van der Waals surface area contributed by atoms with Gasteiger partial charge < -0.3 is 19.6 Å². The van der Waals surface area contributed by atoms with E-state index in [0.717, 1.165) is 0 Å². The Balaban J connectivity index is 2.58. The molecule has 0 bridgehead atoms. The lowest BCUT2D eigenvalue weighted by Gasteiger charge is -2.16. The smallest absolute Gasteiger partial charge is 0.260 e. The van der Waals surface area contributed by atoms with Crippen molar-refractivity contribution in [2.45, 2.75) is 26.8 Å². The third-order valence-electron chi connectivity index (χ3n) is 3.32. The van der Waals surface area contributed by atoms with Crippen LogP contribution in [0, 0.1) is 5.92 Å². The molecule has 6 nitrogen and oxygen atoms in total. The van der Waals surface area contributed by atoms with Gasteiger partial charge in [0.1, 0.15) is 0 Å². The van der Waals surface area contributed by atoms with Gasteiger partial charge in [0.15, 0.2) is 18.1 Å². The summed E-state index contributed by atoms with van der Waals surface area (Å²) in [4.78, 5) is 16.6. The molecule has 0 aliphatic carbocycles. The second kappa shape index (κ2) is 9.25. The quantitative estimate of drug-likeness (QED) is 0.582. The number of hydrogen-bond donors (Lipinski definition) is 1. The first-order chi connectivity index (χ1) is 10.9. The van der Waals surface area contributed by atoms with Gasteiger partial charge in [-0.25, -0.2) is 0 Å². The molecule has 1 atom stereocenters. The number of methoxy groups -OCH3 is 2. The van der Waals surface area contributed by atoms with E-state index in [1.165, 1.54) is 20.4 Å². The van der Waals surface area contributed by atoms with E-state index >= 15 is 0 Å². The molecule has 7 heteroatoms. The Bertz CT molecular complexity index is 561. The second-order valence-corrected chi connectivity index (χ2v) is 5.75. The molecule has 1 rings (SSSR count). The van der Waals surface area contributed by atoms with E-state index in [2.05, 4.69) is 10.5 Å². The average Bonchev–Trinajstić information content (AvgIpc) is 2.50. The number of hydrogen-bond acceptors (Lipinski definition) is 5. The van der Waals surface area contributed by atoms with Gasteiger partial charge in [-0.15, -0.1) is 0 Å². The SMILES string of the molecule is COc1cc(/C=N\OCC(=O)N[C@@H](C)C(C)C)cc(Cl)c1OC. The van der Waals surface area contributed by atoms with Crippen molar-refractivity contribution < 1.29 is 19.1 Å². The highest BCUT2D eigenvalue weighted by atomic mass is 35.5. The zero-order valence-corrected chi connectivity index (χ0v) is 14.8. The lowest BCUT2D eigenvalue weighted by Crippen LogP contribution is -2.38. The van der Waals surface area contributed by atoms with E-state index in [-0.39, 0.29) is 18.6 Å². The van der Waals surface area contributed by atoms with Gasteiger partial charge in [0.2, 0.25) is 0 Å². The highest BCUT2D eigenvalue weighted by molar-refractivity contribution is 6.32. The summed E-state index contributed by atoms with van der Waals surface area (Å²) >= 11 is 6.09. The normalized spacial score (nSPS) is 12.3. The first kappa shape index (κ1) is 19.1. The minimum absolute atomic E-state index is 0.0831. The highest BCUT2D eigenvalue weighted by Gasteiger charge is 2.11. The van der Waals surface area contributed by atoms with Crippen molar-refractivity contribution in [2.75, 3.05) is 20.8 Å². The molecule has 1 N–H and O–H groups in total. The maximum atomic E-state index is 11.6. The van der Waals surface area contributed by atoms with Crippen LogP contribution in [0.25, 0.3) is 0 Å². The van der Waals surface area contributed by atoms with Crippen LogP contribution < -0.4 is 14.8 Å². The standard InChI is InChI=1S/C16H23ClN2O4/c1-10(2)11(3)19-15(20)9-23-18-8-12-6-13(17)16(22-5)14(7-12)21-4/h6-8,10-11H,9H2,1-5H3,(H,19,20)/b18-8-/t11-/m0/s1. The van der Waals surface area contributed by atoms with Crippen LogP contribution in [0.3, 0.4) is 0 Å². The molecule has 0 fully saturated rings. The number of nitrogens with one attached hydrogen (secondary N) is 1. The van der Waals surface area contributed by atoms with Gasteiger partial charge in [-0.2, -0.15) is 0 Å². The monoisotopic (exact) mass is 342 g/mol.